The molecular formula is C19H25NOS. The molecule has 3 rings (SSSR count). The largest absolute Gasteiger partial charge is 0.492 e. The monoisotopic (exact) mass is 315 g/mol. The number of nitrogens with zero attached hydrogens (tertiary/aromatic N) is 1. The third-order valence-corrected chi connectivity index (χ3v) is 5.39. The molecule has 0 N–H and O–H groups in total. The molecule has 1 fully saturated rings. The van der Waals surface area contributed by atoms with E-state index < -0.39 is 0 Å². The number of rotatable bonds is 6. The first kappa shape index (κ1) is 15.7. The number of aromatic nitrogens is 1. The highest BCUT2D eigenvalue weighted by atomic mass is 32.2. The van der Waals surface area contributed by atoms with Gasteiger partial charge in [0.15, 0.2) is 0 Å². The third-order valence-electron chi connectivity index (χ3n) is 4.38. The summed E-state index contributed by atoms with van der Waals surface area (Å²) in [5.41, 5.74) is 1.41. The highest BCUT2D eigenvalue weighted by Gasteiger charge is 2.14. The minimum absolute atomic E-state index is 0.743. The smallest absolute Gasteiger partial charge is 0.137 e. The van der Waals surface area contributed by atoms with E-state index in [-0.39, 0.29) is 0 Å². The molecule has 0 radical (unpaired) electrons. The van der Waals surface area contributed by atoms with Gasteiger partial charge in [-0.05, 0) is 49.3 Å². The second kappa shape index (κ2) is 8.42. The van der Waals surface area contributed by atoms with Crippen LogP contribution in [0.1, 0.15) is 44.9 Å². The fraction of sp³-hybridized carbons (Fsp3) is 0.526. The van der Waals surface area contributed by atoms with Crippen molar-refractivity contribution in [3.05, 3.63) is 42.1 Å². The number of hydrogen-bond donors (Lipinski definition) is 0. The summed E-state index contributed by atoms with van der Waals surface area (Å²) in [6, 6.07) is 4.14. The molecule has 0 aliphatic heterocycles. The van der Waals surface area contributed by atoms with Crippen molar-refractivity contribution in [2.45, 2.75) is 50.0 Å². The van der Waals surface area contributed by atoms with Gasteiger partial charge in [0.1, 0.15) is 5.75 Å². The lowest BCUT2D eigenvalue weighted by molar-refractivity contribution is 0.208. The molecule has 3 heteroatoms. The molecule has 1 aromatic rings. The molecule has 2 aliphatic carbocycles. The summed E-state index contributed by atoms with van der Waals surface area (Å²) in [6.45, 7) is 0.853. The summed E-state index contributed by atoms with van der Waals surface area (Å²) >= 11 is 1.80. The van der Waals surface area contributed by atoms with Crippen molar-refractivity contribution in [3.63, 3.8) is 0 Å². The van der Waals surface area contributed by atoms with Crippen LogP contribution in [0.4, 0.5) is 0 Å². The Kier molecular flexibility index (Phi) is 6.00. The molecule has 0 bridgehead atoms. The summed E-state index contributed by atoms with van der Waals surface area (Å²) in [7, 11) is 0. The van der Waals surface area contributed by atoms with Gasteiger partial charge in [0, 0.05) is 5.75 Å². The maximum atomic E-state index is 5.90. The maximum Gasteiger partial charge on any atom is 0.137 e. The Morgan fingerprint density at radius 1 is 1.14 bits per heavy atom. The van der Waals surface area contributed by atoms with Crippen molar-refractivity contribution in [2.24, 2.45) is 5.92 Å². The number of thioether (sulfide) groups is 1. The summed E-state index contributed by atoms with van der Waals surface area (Å²) in [6.07, 6.45) is 17.8. The SMILES string of the molecule is C1=CC(CSc2ccc(OCC3CCCCC3)cn2)=CCC1. The first-order chi connectivity index (χ1) is 10.9. The van der Waals surface area contributed by atoms with Gasteiger partial charge in [-0.1, -0.05) is 37.5 Å². The van der Waals surface area contributed by atoms with Crippen LogP contribution in [0.25, 0.3) is 0 Å². The molecule has 22 heavy (non-hydrogen) atoms. The Labute approximate surface area is 138 Å². The van der Waals surface area contributed by atoms with Crippen LogP contribution >= 0.6 is 11.8 Å². The van der Waals surface area contributed by atoms with Gasteiger partial charge in [-0.2, -0.15) is 0 Å². The standard InChI is InChI=1S/C19H25NOS/c1-3-7-16(8-4-1)14-21-18-11-12-19(20-13-18)22-15-17-9-5-2-6-10-17/h5,9-13,16H,1-4,6-8,14-15H2. The van der Waals surface area contributed by atoms with E-state index in [4.69, 9.17) is 4.74 Å². The van der Waals surface area contributed by atoms with Crippen LogP contribution in [0.3, 0.4) is 0 Å². The van der Waals surface area contributed by atoms with Crippen molar-refractivity contribution in [2.75, 3.05) is 12.4 Å². The molecule has 0 amide bonds. The first-order valence-electron chi connectivity index (χ1n) is 8.47. The van der Waals surface area contributed by atoms with E-state index in [0.717, 1.165) is 29.1 Å². The van der Waals surface area contributed by atoms with Gasteiger partial charge in [-0.15, -0.1) is 11.8 Å². The van der Waals surface area contributed by atoms with Crippen molar-refractivity contribution in [1.82, 2.24) is 4.98 Å². The zero-order valence-corrected chi connectivity index (χ0v) is 14.0. The second-order valence-electron chi connectivity index (χ2n) is 6.19. The molecule has 0 spiro atoms. The number of allylic oxidation sites excluding steroid dienone is 3. The highest BCUT2D eigenvalue weighted by Crippen LogP contribution is 2.26. The van der Waals surface area contributed by atoms with Crippen LogP contribution in [0, 0.1) is 5.92 Å². The van der Waals surface area contributed by atoms with Crippen molar-refractivity contribution < 1.29 is 4.74 Å². The van der Waals surface area contributed by atoms with Crippen LogP contribution in [-0.4, -0.2) is 17.3 Å². The van der Waals surface area contributed by atoms with Crippen LogP contribution in [0.5, 0.6) is 5.75 Å². The molecule has 2 aliphatic rings. The van der Waals surface area contributed by atoms with E-state index in [1.165, 1.54) is 50.5 Å². The zero-order valence-electron chi connectivity index (χ0n) is 13.2. The van der Waals surface area contributed by atoms with Gasteiger partial charge in [-0.25, -0.2) is 4.98 Å². The third kappa shape index (κ3) is 4.91. The Morgan fingerprint density at radius 2 is 2.05 bits per heavy atom. The lowest BCUT2D eigenvalue weighted by Crippen LogP contribution is -2.15. The summed E-state index contributed by atoms with van der Waals surface area (Å²) in [5.74, 6) is 2.66. The van der Waals surface area contributed by atoms with Gasteiger partial charge in [0.2, 0.25) is 0 Å². The van der Waals surface area contributed by atoms with Crippen molar-refractivity contribution >= 4 is 11.8 Å². The average molecular weight is 315 g/mol. The molecule has 0 atom stereocenters. The van der Waals surface area contributed by atoms with Gasteiger partial charge < -0.3 is 4.74 Å². The highest BCUT2D eigenvalue weighted by molar-refractivity contribution is 7.99. The van der Waals surface area contributed by atoms with E-state index in [1.54, 1.807) is 11.8 Å². The zero-order chi connectivity index (χ0) is 15.0. The van der Waals surface area contributed by atoms with Gasteiger partial charge >= 0.3 is 0 Å². The summed E-state index contributed by atoms with van der Waals surface area (Å²) in [5, 5.41) is 1.07. The van der Waals surface area contributed by atoms with E-state index in [1.807, 2.05) is 6.20 Å². The Morgan fingerprint density at radius 3 is 2.77 bits per heavy atom. The van der Waals surface area contributed by atoms with Crippen LogP contribution in [0.15, 0.2) is 47.2 Å². The Hall–Kier alpha value is -1.22. The van der Waals surface area contributed by atoms with Crippen LogP contribution < -0.4 is 4.74 Å². The second-order valence-corrected chi connectivity index (χ2v) is 7.19. The van der Waals surface area contributed by atoms with Crippen LogP contribution in [-0.2, 0) is 0 Å². The number of ether oxygens (including phenoxy) is 1. The molecule has 0 saturated heterocycles. The fourth-order valence-corrected chi connectivity index (χ4v) is 3.86. The summed E-state index contributed by atoms with van der Waals surface area (Å²) in [4.78, 5) is 4.51. The summed E-state index contributed by atoms with van der Waals surface area (Å²) < 4.78 is 5.90. The number of hydrogen-bond acceptors (Lipinski definition) is 3. The maximum absolute atomic E-state index is 5.90. The predicted molar refractivity (Wildman–Crippen MR) is 93.5 cm³/mol. The van der Waals surface area contributed by atoms with Gasteiger partial charge in [-0.3, -0.25) is 0 Å². The van der Waals surface area contributed by atoms with Gasteiger partial charge in [0.25, 0.3) is 0 Å². The normalized spacial score (nSPS) is 19.0. The molecule has 0 aromatic carbocycles. The Balaban J connectivity index is 1.43. The molecule has 1 saturated carbocycles. The molecule has 2 nitrogen and oxygen atoms in total. The van der Waals surface area contributed by atoms with E-state index in [0.29, 0.717) is 0 Å². The quantitative estimate of drug-likeness (QED) is 0.655. The topological polar surface area (TPSA) is 22.1 Å². The van der Waals surface area contributed by atoms with Crippen LogP contribution in [0.2, 0.25) is 0 Å². The minimum Gasteiger partial charge on any atom is -0.492 e. The lowest BCUT2D eigenvalue weighted by Gasteiger charge is -2.21. The first-order valence-corrected chi connectivity index (χ1v) is 9.46. The van der Waals surface area contributed by atoms with E-state index in [9.17, 15) is 0 Å². The number of pyridine rings is 1. The minimum atomic E-state index is 0.743. The molecule has 1 heterocycles. The van der Waals surface area contributed by atoms with E-state index >= 15 is 0 Å². The fourth-order valence-electron chi connectivity index (χ4n) is 3.04. The average Bonchev–Trinajstić information content (AvgIpc) is 2.61. The lowest BCUT2D eigenvalue weighted by atomic mass is 9.90. The van der Waals surface area contributed by atoms with Gasteiger partial charge in [0.05, 0.1) is 17.8 Å². The molecular weight excluding hydrogens is 290 g/mol. The molecule has 1 aromatic heterocycles. The van der Waals surface area contributed by atoms with E-state index in [2.05, 4.69) is 35.3 Å². The molecule has 0 unspecified atom stereocenters. The Bertz CT molecular complexity index is 515. The van der Waals surface area contributed by atoms with Crippen molar-refractivity contribution in [3.8, 4) is 5.75 Å². The molecule has 118 valence electrons. The predicted octanol–water partition coefficient (Wildman–Crippen LogP) is 5.41. The van der Waals surface area contributed by atoms with Crippen molar-refractivity contribution in [1.29, 1.82) is 0 Å².